The zero-order valence-corrected chi connectivity index (χ0v) is 20.4. The van der Waals surface area contributed by atoms with E-state index in [9.17, 15) is 37.7 Å². The van der Waals surface area contributed by atoms with Crippen molar-refractivity contribution in [3.63, 3.8) is 0 Å². The van der Waals surface area contributed by atoms with Crippen molar-refractivity contribution in [3.8, 4) is 11.5 Å². The van der Waals surface area contributed by atoms with Crippen molar-refractivity contribution in [2.75, 3.05) is 36.0 Å². The number of guanidine groups is 1. The lowest BCUT2D eigenvalue weighted by atomic mass is 9.96. The van der Waals surface area contributed by atoms with Gasteiger partial charge in [0.15, 0.2) is 0 Å². The normalized spacial score (nSPS) is 17.6. The number of hydrogen-bond donors (Lipinski definition) is 3. The number of carbonyl (C=O) groups is 1. The number of alkyl halides is 3. The van der Waals surface area contributed by atoms with E-state index in [1.54, 1.807) is 23.1 Å². The Morgan fingerprint density at radius 1 is 0.949 bits per heavy atom. The van der Waals surface area contributed by atoms with E-state index in [-0.39, 0.29) is 28.6 Å². The largest absolute Gasteiger partial charge is 0.508 e. The number of benzene rings is 3. The summed E-state index contributed by atoms with van der Waals surface area (Å²) in [5.74, 6) is -2.34. The molecular formula is C27H24F4N4O4. The van der Waals surface area contributed by atoms with Crippen molar-refractivity contribution in [2.45, 2.75) is 18.6 Å². The van der Waals surface area contributed by atoms with Gasteiger partial charge in [-0.2, -0.15) is 13.2 Å². The molecule has 2 aliphatic heterocycles. The van der Waals surface area contributed by atoms with E-state index in [0.717, 1.165) is 23.9 Å². The van der Waals surface area contributed by atoms with Gasteiger partial charge in [-0.25, -0.2) is 9.38 Å². The summed E-state index contributed by atoms with van der Waals surface area (Å²) in [6.45, 7) is 1.46. The molecule has 204 valence electrons. The van der Waals surface area contributed by atoms with Gasteiger partial charge in [-0.3, -0.25) is 4.79 Å². The first-order chi connectivity index (χ1) is 18.5. The van der Waals surface area contributed by atoms with Crippen LogP contribution in [0.5, 0.6) is 11.5 Å². The molecule has 3 aromatic rings. The molecule has 8 nitrogen and oxygen atoms in total. The topological polar surface area (TPSA) is 99.8 Å². The molecule has 2 aliphatic rings. The van der Waals surface area contributed by atoms with E-state index < -0.39 is 41.7 Å². The summed E-state index contributed by atoms with van der Waals surface area (Å²) in [5.41, 5.74) is -0.483. The highest BCUT2D eigenvalue weighted by atomic mass is 19.4. The number of phenolic OH excluding ortho intramolecular Hbond substituents is 2. The van der Waals surface area contributed by atoms with E-state index in [1.165, 1.54) is 23.1 Å². The molecule has 2 heterocycles. The third kappa shape index (κ3) is 5.14. The van der Waals surface area contributed by atoms with Crippen LogP contribution in [0, 0.1) is 5.82 Å². The van der Waals surface area contributed by atoms with E-state index in [0.29, 0.717) is 26.2 Å². The minimum absolute atomic E-state index is 0.0315. The Bertz CT molecular complexity index is 1440. The van der Waals surface area contributed by atoms with Crippen LogP contribution in [0.15, 0.2) is 65.7 Å². The number of aliphatic carboxylic acids is 1. The molecule has 1 atom stereocenters. The first-order valence-corrected chi connectivity index (χ1v) is 12.1. The van der Waals surface area contributed by atoms with Gasteiger partial charge in [0.25, 0.3) is 0 Å². The smallest absolute Gasteiger partial charge is 0.416 e. The second-order valence-corrected chi connectivity index (χ2v) is 9.27. The van der Waals surface area contributed by atoms with Gasteiger partial charge in [0.05, 0.1) is 23.7 Å². The van der Waals surface area contributed by atoms with Gasteiger partial charge in [-0.15, -0.1) is 0 Å². The number of aromatic hydroxyl groups is 2. The summed E-state index contributed by atoms with van der Waals surface area (Å²) in [7, 11) is 0. The van der Waals surface area contributed by atoms with Gasteiger partial charge < -0.3 is 30.0 Å². The van der Waals surface area contributed by atoms with Crippen LogP contribution in [-0.2, 0) is 11.0 Å². The molecule has 0 aromatic heterocycles. The number of halogens is 4. The molecule has 3 N–H and O–H groups in total. The number of piperazine rings is 1. The van der Waals surface area contributed by atoms with Crippen molar-refractivity contribution in [1.29, 1.82) is 0 Å². The van der Waals surface area contributed by atoms with Crippen LogP contribution in [0.1, 0.15) is 23.6 Å². The van der Waals surface area contributed by atoms with Gasteiger partial charge in [0, 0.05) is 43.5 Å². The summed E-state index contributed by atoms with van der Waals surface area (Å²) in [6, 6.07) is 11.9. The molecular weight excluding hydrogens is 520 g/mol. The van der Waals surface area contributed by atoms with Crippen LogP contribution >= 0.6 is 0 Å². The molecule has 0 radical (unpaired) electrons. The van der Waals surface area contributed by atoms with Gasteiger partial charge in [-0.05, 0) is 36.4 Å². The first kappa shape index (κ1) is 26.1. The van der Waals surface area contributed by atoms with Crippen LogP contribution in [0.3, 0.4) is 0 Å². The van der Waals surface area contributed by atoms with Crippen molar-refractivity contribution in [1.82, 2.24) is 4.90 Å². The van der Waals surface area contributed by atoms with Crippen LogP contribution in [0.2, 0.25) is 0 Å². The SMILES string of the molecule is O=C(O)CC1c2cccc(F)c2N=C(N2CCN(c3cccc(O)c3)CC2)N1c1cc(C(F)(F)F)ccc1O. The molecule has 12 heteroatoms. The lowest BCUT2D eigenvalue weighted by Crippen LogP contribution is -2.55. The fraction of sp³-hybridized carbons (Fsp3) is 0.259. The standard InChI is InChI=1S/C27H24F4N4O4/c28-20-6-2-5-19-21(15-24(38)39)35(22-13-16(27(29,30)31)7-8-23(22)37)26(32-25(19)20)34-11-9-33(10-12-34)17-3-1-4-18(36)14-17/h1-8,13-14,21,36-37H,9-12,15H2,(H,38,39). The quantitative estimate of drug-likeness (QED) is 0.393. The maximum absolute atomic E-state index is 15.0. The summed E-state index contributed by atoms with van der Waals surface area (Å²) < 4.78 is 55.9. The highest BCUT2D eigenvalue weighted by molar-refractivity contribution is 6.02. The summed E-state index contributed by atoms with van der Waals surface area (Å²) >= 11 is 0. The number of rotatable bonds is 4. The zero-order chi connectivity index (χ0) is 27.9. The molecule has 1 unspecified atom stereocenters. The van der Waals surface area contributed by atoms with Gasteiger partial charge in [0.1, 0.15) is 23.0 Å². The van der Waals surface area contributed by atoms with Crippen LogP contribution in [-0.4, -0.2) is 58.3 Å². The predicted molar refractivity (Wildman–Crippen MR) is 136 cm³/mol. The Labute approximate surface area is 220 Å². The van der Waals surface area contributed by atoms with Crippen LogP contribution in [0.25, 0.3) is 0 Å². The molecule has 0 saturated carbocycles. The second-order valence-electron chi connectivity index (χ2n) is 9.27. The molecule has 0 spiro atoms. The highest BCUT2D eigenvalue weighted by Gasteiger charge is 2.40. The average molecular weight is 545 g/mol. The molecule has 3 aromatic carbocycles. The Kier molecular flexibility index (Phi) is 6.71. The summed E-state index contributed by atoms with van der Waals surface area (Å²) in [6.07, 6.45) is -5.32. The average Bonchev–Trinajstić information content (AvgIpc) is 2.88. The van der Waals surface area contributed by atoms with Gasteiger partial charge in [-0.1, -0.05) is 18.2 Å². The monoisotopic (exact) mass is 544 g/mol. The van der Waals surface area contributed by atoms with Crippen molar-refractivity contribution in [3.05, 3.63) is 77.6 Å². The Morgan fingerprint density at radius 3 is 2.31 bits per heavy atom. The molecule has 5 rings (SSSR count). The molecule has 0 bridgehead atoms. The fourth-order valence-electron chi connectivity index (χ4n) is 4.96. The minimum Gasteiger partial charge on any atom is -0.508 e. The van der Waals surface area contributed by atoms with E-state index >= 15 is 0 Å². The van der Waals surface area contributed by atoms with Gasteiger partial charge in [0.2, 0.25) is 5.96 Å². The van der Waals surface area contributed by atoms with Crippen molar-refractivity contribution >= 4 is 29.0 Å². The van der Waals surface area contributed by atoms with Crippen molar-refractivity contribution in [2.24, 2.45) is 4.99 Å². The highest BCUT2D eigenvalue weighted by Crippen LogP contribution is 2.45. The number of aliphatic imine (C=N–C) groups is 1. The van der Waals surface area contributed by atoms with Gasteiger partial charge >= 0.3 is 12.1 Å². The minimum atomic E-state index is -4.73. The predicted octanol–water partition coefficient (Wildman–Crippen LogP) is 5.10. The lowest BCUT2D eigenvalue weighted by molar-refractivity contribution is -0.138. The molecule has 1 fully saturated rings. The Hall–Kier alpha value is -4.48. The molecule has 0 amide bonds. The van der Waals surface area contributed by atoms with Crippen LogP contribution < -0.4 is 9.80 Å². The molecule has 1 saturated heterocycles. The maximum atomic E-state index is 15.0. The zero-order valence-electron chi connectivity index (χ0n) is 20.4. The number of fused-ring (bicyclic) bond motifs is 1. The molecule has 39 heavy (non-hydrogen) atoms. The number of carboxylic acids is 1. The number of nitrogens with zero attached hydrogens (tertiary/aromatic N) is 4. The number of hydrogen-bond acceptors (Lipinski definition) is 7. The Morgan fingerprint density at radius 2 is 1.64 bits per heavy atom. The second kappa shape index (κ2) is 10.0. The molecule has 0 aliphatic carbocycles. The summed E-state index contributed by atoms with van der Waals surface area (Å²) in [5, 5.41) is 30.3. The van der Waals surface area contributed by atoms with Crippen molar-refractivity contribution < 1.29 is 37.7 Å². The van der Waals surface area contributed by atoms with E-state index in [4.69, 9.17) is 0 Å². The number of carboxylic acid groups (broad SMARTS) is 1. The Balaban J connectivity index is 1.60. The first-order valence-electron chi connectivity index (χ1n) is 12.1. The lowest BCUT2D eigenvalue weighted by Gasteiger charge is -2.45. The maximum Gasteiger partial charge on any atom is 0.416 e. The third-order valence-corrected chi connectivity index (χ3v) is 6.80. The summed E-state index contributed by atoms with van der Waals surface area (Å²) in [4.78, 5) is 21.4. The van der Waals surface area contributed by atoms with Crippen LogP contribution in [0.4, 0.5) is 34.6 Å². The number of phenols is 2. The number of anilines is 2. The van der Waals surface area contributed by atoms with E-state index in [1.807, 2.05) is 11.0 Å². The fourth-order valence-corrected chi connectivity index (χ4v) is 4.96. The third-order valence-electron chi connectivity index (χ3n) is 6.80. The number of para-hydroxylation sites is 1. The van der Waals surface area contributed by atoms with E-state index in [2.05, 4.69) is 4.99 Å².